The summed E-state index contributed by atoms with van der Waals surface area (Å²) in [7, 11) is 0. The minimum absolute atomic E-state index is 0.0119. The highest BCUT2D eigenvalue weighted by molar-refractivity contribution is 5.98. The molecule has 0 radical (unpaired) electrons. The average molecular weight is 240 g/mol. The molecule has 1 rings (SSSR count). The number of ether oxygens (including phenoxy) is 1. The van der Waals surface area contributed by atoms with Crippen molar-refractivity contribution in [3.8, 4) is 0 Å². The lowest BCUT2D eigenvalue weighted by Gasteiger charge is -2.27. The van der Waals surface area contributed by atoms with Gasteiger partial charge in [0.15, 0.2) is 0 Å². The first kappa shape index (κ1) is 13.9. The summed E-state index contributed by atoms with van der Waals surface area (Å²) in [5.41, 5.74) is 0.797. The van der Waals surface area contributed by atoms with Crippen molar-refractivity contribution in [3.63, 3.8) is 0 Å². The Bertz CT molecular complexity index is 315. The van der Waals surface area contributed by atoms with Gasteiger partial charge >= 0.3 is 0 Å². The molecule has 1 heterocycles. The first-order valence-corrected chi connectivity index (χ1v) is 5.62. The number of amides is 2. The predicted molar refractivity (Wildman–Crippen MR) is 64.4 cm³/mol. The van der Waals surface area contributed by atoms with Gasteiger partial charge < -0.3 is 10.1 Å². The Morgan fingerprint density at radius 3 is 2.35 bits per heavy atom. The Morgan fingerprint density at radius 1 is 1.35 bits per heavy atom. The fourth-order valence-corrected chi connectivity index (χ4v) is 1.37. The van der Waals surface area contributed by atoms with Gasteiger partial charge in [0.1, 0.15) is 13.2 Å². The molecule has 0 atom stereocenters. The van der Waals surface area contributed by atoms with Gasteiger partial charge in [-0.05, 0) is 26.3 Å². The van der Waals surface area contributed by atoms with Gasteiger partial charge in [0.25, 0.3) is 11.8 Å². The molecule has 1 saturated heterocycles. The maximum absolute atomic E-state index is 11.5. The molecule has 0 unspecified atom stereocenters. The number of carbonyl (C=O) groups is 2. The number of hydrogen-bond donors (Lipinski definition) is 1. The van der Waals surface area contributed by atoms with Crippen LogP contribution in [0.15, 0.2) is 12.2 Å². The third-order valence-electron chi connectivity index (χ3n) is 2.30. The topological polar surface area (TPSA) is 58.6 Å². The Morgan fingerprint density at radius 2 is 1.88 bits per heavy atom. The summed E-state index contributed by atoms with van der Waals surface area (Å²) in [5, 5.41) is 3.26. The molecule has 5 nitrogen and oxygen atoms in total. The first-order valence-electron chi connectivity index (χ1n) is 5.62. The van der Waals surface area contributed by atoms with Gasteiger partial charge in [-0.25, -0.2) is 0 Å². The van der Waals surface area contributed by atoms with E-state index in [2.05, 4.69) is 11.9 Å². The number of imide groups is 1. The number of nitrogens with zero attached hydrogens (tertiary/aromatic N) is 1. The number of nitrogens with one attached hydrogen (secondary N) is 1. The molecule has 0 saturated carbocycles. The zero-order chi connectivity index (χ0) is 13.1. The zero-order valence-electron chi connectivity index (χ0n) is 10.7. The Balaban J connectivity index is 2.44. The second-order valence-electron chi connectivity index (χ2n) is 5.22. The summed E-state index contributed by atoms with van der Waals surface area (Å²) < 4.78 is 4.83. The van der Waals surface area contributed by atoms with Crippen LogP contribution in [0.3, 0.4) is 0 Å². The third kappa shape index (κ3) is 4.66. The van der Waals surface area contributed by atoms with Crippen LogP contribution in [0.5, 0.6) is 0 Å². The standard InChI is InChI=1S/C12H20N2O3/c1-9(5-13-12(2,3)4)6-14-10(15)7-17-8-11(14)16/h13H,1,5-8H2,2-4H3. The number of morpholine rings is 1. The van der Waals surface area contributed by atoms with Gasteiger partial charge in [-0.15, -0.1) is 0 Å². The van der Waals surface area contributed by atoms with Gasteiger partial charge in [-0.3, -0.25) is 14.5 Å². The van der Waals surface area contributed by atoms with E-state index in [0.717, 1.165) is 5.57 Å². The zero-order valence-corrected chi connectivity index (χ0v) is 10.7. The highest BCUT2D eigenvalue weighted by atomic mass is 16.5. The normalized spacial score (nSPS) is 17.5. The monoisotopic (exact) mass is 240 g/mol. The maximum Gasteiger partial charge on any atom is 0.255 e. The second kappa shape index (κ2) is 5.42. The number of carbonyl (C=O) groups excluding carboxylic acids is 2. The third-order valence-corrected chi connectivity index (χ3v) is 2.30. The van der Waals surface area contributed by atoms with Crippen LogP contribution >= 0.6 is 0 Å². The molecule has 1 aliphatic rings. The highest BCUT2D eigenvalue weighted by Gasteiger charge is 2.26. The van der Waals surface area contributed by atoms with Crippen molar-refractivity contribution < 1.29 is 14.3 Å². The van der Waals surface area contributed by atoms with E-state index in [1.54, 1.807) is 0 Å². The second-order valence-corrected chi connectivity index (χ2v) is 5.22. The van der Waals surface area contributed by atoms with Gasteiger partial charge in [-0.2, -0.15) is 0 Å². The summed E-state index contributed by atoms with van der Waals surface area (Å²) in [5.74, 6) is -0.587. The molecular formula is C12H20N2O3. The van der Waals surface area contributed by atoms with Gasteiger partial charge in [0.2, 0.25) is 0 Å². The van der Waals surface area contributed by atoms with Crippen molar-refractivity contribution >= 4 is 11.8 Å². The van der Waals surface area contributed by atoms with Crippen LogP contribution in [0.4, 0.5) is 0 Å². The summed E-state index contributed by atoms with van der Waals surface area (Å²) in [6.07, 6.45) is 0. The van der Waals surface area contributed by atoms with E-state index < -0.39 is 0 Å². The Hall–Kier alpha value is -1.20. The minimum Gasteiger partial charge on any atom is -0.362 e. The number of hydrogen-bond acceptors (Lipinski definition) is 4. The summed E-state index contributed by atoms with van der Waals surface area (Å²) in [4.78, 5) is 24.1. The van der Waals surface area contributed by atoms with Crippen molar-refractivity contribution in [2.24, 2.45) is 0 Å². The van der Waals surface area contributed by atoms with Crippen molar-refractivity contribution in [2.75, 3.05) is 26.3 Å². The Labute approximate surface area is 102 Å². The van der Waals surface area contributed by atoms with Crippen LogP contribution in [0.25, 0.3) is 0 Å². The van der Waals surface area contributed by atoms with E-state index in [1.165, 1.54) is 4.90 Å². The van der Waals surface area contributed by atoms with Crippen LogP contribution < -0.4 is 5.32 Å². The van der Waals surface area contributed by atoms with Crippen LogP contribution in [0.1, 0.15) is 20.8 Å². The minimum atomic E-state index is -0.293. The van der Waals surface area contributed by atoms with Crippen LogP contribution in [-0.2, 0) is 14.3 Å². The molecule has 0 aromatic heterocycles. The lowest BCUT2D eigenvalue weighted by Crippen LogP contribution is -2.48. The highest BCUT2D eigenvalue weighted by Crippen LogP contribution is 2.05. The van der Waals surface area contributed by atoms with Crippen LogP contribution in [-0.4, -0.2) is 48.6 Å². The molecule has 17 heavy (non-hydrogen) atoms. The van der Waals surface area contributed by atoms with Crippen LogP contribution in [0, 0.1) is 0 Å². The van der Waals surface area contributed by atoms with Gasteiger partial charge in [0, 0.05) is 12.1 Å². The van der Waals surface area contributed by atoms with E-state index in [-0.39, 0.29) is 37.1 Å². The quantitative estimate of drug-likeness (QED) is 0.568. The SMILES string of the molecule is C=C(CNC(C)(C)C)CN1C(=O)COCC1=O. The maximum atomic E-state index is 11.5. The lowest BCUT2D eigenvalue weighted by molar-refractivity contribution is -0.157. The van der Waals surface area contributed by atoms with E-state index in [9.17, 15) is 9.59 Å². The molecule has 0 aromatic rings. The molecule has 0 spiro atoms. The average Bonchev–Trinajstić information content (AvgIpc) is 2.20. The van der Waals surface area contributed by atoms with Crippen molar-refractivity contribution in [1.82, 2.24) is 10.2 Å². The molecule has 0 aromatic carbocycles. The molecule has 96 valence electrons. The molecular weight excluding hydrogens is 220 g/mol. The largest absolute Gasteiger partial charge is 0.362 e. The van der Waals surface area contributed by atoms with E-state index >= 15 is 0 Å². The van der Waals surface area contributed by atoms with Gasteiger partial charge in [0.05, 0.1) is 6.54 Å². The first-order chi connectivity index (χ1) is 7.79. The van der Waals surface area contributed by atoms with Crippen molar-refractivity contribution in [2.45, 2.75) is 26.3 Å². The van der Waals surface area contributed by atoms with E-state index in [4.69, 9.17) is 4.74 Å². The van der Waals surface area contributed by atoms with Gasteiger partial charge in [-0.1, -0.05) is 6.58 Å². The molecule has 1 aliphatic heterocycles. The smallest absolute Gasteiger partial charge is 0.255 e. The molecule has 0 bridgehead atoms. The van der Waals surface area contributed by atoms with Crippen LogP contribution in [0.2, 0.25) is 0 Å². The van der Waals surface area contributed by atoms with Crippen molar-refractivity contribution in [3.05, 3.63) is 12.2 Å². The molecule has 1 N–H and O–H groups in total. The summed E-state index contributed by atoms with van der Waals surface area (Å²) in [6, 6.07) is 0. The fourth-order valence-electron chi connectivity index (χ4n) is 1.37. The molecule has 2 amide bonds. The Kier molecular flexibility index (Phi) is 4.42. The summed E-state index contributed by atoms with van der Waals surface area (Å²) in [6.45, 7) is 10.8. The molecule has 0 aliphatic carbocycles. The predicted octanol–water partition coefficient (Wildman–Crippen LogP) is 0.316. The fraction of sp³-hybridized carbons (Fsp3) is 0.667. The molecule has 5 heteroatoms. The van der Waals surface area contributed by atoms with E-state index in [1.807, 2.05) is 20.8 Å². The number of rotatable bonds is 4. The van der Waals surface area contributed by atoms with E-state index in [0.29, 0.717) is 6.54 Å². The lowest BCUT2D eigenvalue weighted by atomic mass is 10.1. The summed E-state index contributed by atoms with van der Waals surface area (Å²) >= 11 is 0. The molecule has 1 fully saturated rings. The van der Waals surface area contributed by atoms with Crippen molar-refractivity contribution in [1.29, 1.82) is 0 Å².